The van der Waals surface area contributed by atoms with Gasteiger partial charge in [0.1, 0.15) is 6.04 Å². The largest absolute Gasteiger partial charge is 0.340 e. The van der Waals surface area contributed by atoms with Crippen LogP contribution >= 0.6 is 0 Å². The predicted octanol–water partition coefficient (Wildman–Crippen LogP) is 1.40. The number of carbonyl (C=O) groups excluding carboxylic acids is 2. The van der Waals surface area contributed by atoms with Crippen molar-refractivity contribution >= 4 is 11.8 Å². The Morgan fingerprint density at radius 3 is 2.82 bits per heavy atom. The van der Waals surface area contributed by atoms with E-state index in [1.165, 1.54) is 0 Å². The Morgan fingerprint density at radius 1 is 1.24 bits per heavy atom. The van der Waals surface area contributed by atoms with Crippen LogP contribution in [0.2, 0.25) is 0 Å². The highest BCUT2D eigenvalue weighted by Crippen LogP contribution is 2.23. The highest BCUT2D eigenvalue weighted by Gasteiger charge is 2.38. The van der Waals surface area contributed by atoms with Gasteiger partial charge in [-0.25, -0.2) is 0 Å². The highest BCUT2D eigenvalue weighted by molar-refractivity contribution is 5.90. The summed E-state index contributed by atoms with van der Waals surface area (Å²) in [6.45, 7) is 4.38. The van der Waals surface area contributed by atoms with Crippen LogP contribution in [0.4, 0.5) is 0 Å². The van der Waals surface area contributed by atoms with Gasteiger partial charge >= 0.3 is 0 Å². The molecule has 1 unspecified atom stereocenters. The second-order valence-corrected chi connectivity index (χ2v) is 5.03. The van der Waals surface area contributed by atoms with Gasteiger partial charge in [-0.05, 0) is 19.3 Å². The molecule has 0 aliphatic carbocycles. The molecule has 0 aromatic carbocycles. The second-order valence-electron chi connectivity index (χ2n) is 5.03. The third kappa shape index (κ3) is 2.61. The zero-order chi connectivity index (χ0) is 12.3. The minimum atomic E-state index is -0.147. The zero-order valence-corrected chi connectivity index (χ0v) is 10.7. The Labute approximate surface area is 103 Å². The summed E-state index contributed by atoms with van der Waals surface area (Å²) in [5.74, 6) is 0.350. The smallest absolute Gasteiger partial charge is 0.245 e. The lowest BCUT2D eigenvalue weighted by Gasteiger charge is -2.25. The zero-order valence-electron chi connectivity index (χ0n) is 10.7. The maximum absolute atomic E-state index is 12.3. The summed E-state index contributed by atoms with van der Waals surface area (Å²) in [7, 11) is 0. The average Bonchev–Trinajstić information content (AvgIpc) is 2.77. The van der Waals surface area contributed by atoms with Crippen molar-refractivity contribution in [1.82, 2.24) is 9.80 Å². The first-order valence-electron chi connectivity index (χ1n) is 6.82. The van der Waals surface area contributed by atoms with Crippen LogP contribution < -0.4 is 0 Å². The first-order valence-corrected chi connectivity index (χ1v) is 6.82. The second kappa shape index (κ2) is 5.52. The fourth-order valence-corrected chi connectivity index (χ4v) is 2.79. The van der Waals surface area contributed by atoms with E-state index in [0.717, 1.165) is 45.2 Å². The van der Waals surface area contributed by atoms with Crippen molar-refractivity contribution < 1.29 is 9.59 Å². The predicted molar refractivity (Wildman–Crippen MR) is 65.5 cm³/mol. The molecule has 2 fully saturated rings. The maximum Gasteiger partial charge on any atom is 0.245 e. The third-order valence-corrected chi connectivity index (χ3v) is 3.80. The number of hydrogen-bond acceptors (Lipinski definition) is 2. The van der Waals surface area contributed by atoms with Crippen LogP contribution in [0.15, 0.2) is 0 Å². The molecule has 0 saturated carbocycles. The number of carbonyl (C=O) groups is 2. The lowest BCUT2D eigenvalue weighted by atomic mass is 10.2. The Hall–Kier alpha value is -1.06. The van der Waals surface area contributed by atoms with Gasteiger partial charge < -0.3 is 9.80 Å². The fourth-order valence-electron chi connectivity index (χ4n) is 2.79. The molecular formula is C13H22N2O2. The van der Waals surface area contributed by atoms with Crippen LogP contribution in [0.5, 0.6) is 0 Å². The molecule has 0 bridgehead atoms. The molecule has 0 aromatic rings. The van der Waals surface area contributed by atoms with Gasteiger partial charge in [-0.3, -0.25) is 9.59 Å². The van der Waals surface area contributed by atoms with Gasteiger partial charge in [-0.2, -0.15) is 0 Å². The van der Waals surface area contributed by atoms with E-state index in [1.807, 2.05) is 4.90 Å². The van der Waals surface area contributed by atoms with Gasteiger partial charge in [0.2, 0.25) is 11.8 Å². The summed E-state index contributed by atoms with van der Waals surface area (Å²) in [4.78, 5) is 27.9. The van der Waals surface area contributed by atoms with E-state index in [4.69, 9.17) is 0 Å². The van der Waals surface area contributed by atoms with E-state index < -0.39 is 0 Å². The van der Waals surface area contributed by atoms with Crippen LogP contribution in [-0.4, -0.2) is 47.3 Å². The summed E-state index contributed by atoms with van der Waals surface area (Å²) < 4.78 is 0. The lowest BCUT2D eigenvalue weighted by molar-refractivity contribution is -0.139. The number of unbranched alkanes of at least 4 members (excludes halogenated alkanes) is 2. The van der Waals surface area contributed by atoms with Crippen LogP contribution in [0, 0.1) is 0 Å². The Bertz CT molecular complexity index is 304. The molecule has 2 heterocycles. The standard InChI is InChI=1S/C13H22N2O2/c1-2-3-4-8-14-10-7-12(16)15-9-5-6-11(15)13(14)17/h11H,2-10H2,1H3. The Morgan fingerprint density at radius 2 is 2.06 bits per heavy atom. The van der Waals surface area contributed by atoms with Crippen molar-refractivity contribution in [2.75, 3.05) is 19.6 Å². The quantitative estimate of drug-likeness (QED) is 0.695. The molecule has 1 atom stereocenters. The molecule has 2 saturated heterocycles. The molecule has 2 rings (SSSR count). The molecule has 0 aromatic heterocycles. The molecule has 0 spiro atoms. The lowest BCUT2D eigenvalue weighted by Crippen LogP contribution is -2.43. The monoisotopic (exact) mass is 238 g/mol. The molecule has 96 valence electrons. The minimum absolute atomic E-state index is 0.147. The first kappa shape index (κ1) is 12.4. The molecule has 4 heteroatoms. The number of rotatable bonds is 4. The van der Waals surface area contributed by atoms with Gasteiger partial charge in [0.15, 0.2) is 0 Å². The molecule has 0 N–H and O–H groups in total. The normalized spacial score (nSPS) is 25.1. The maximum atomic E-state index is 12.3. The van der Waals surface area contributed by atoms with Gasteiger partial charge in [-0.1, -0.05) is 19.8 Å². The number of hydrogen-bond donors (Lipinski definition) is 0. The van der Waals surface area contributed by atoms with E-state index in [2.05, 4.69) is 6.92 Å². The van der Waals surface area contributed by atoms with Gasteiger partial charge in [0.25, 0.3) is 0 Å². The van der Waals surface area contributed by atoms with Crippen molar-refractivity contribution in [3.8, 4) is 0 Å². The molecule has 2 aliphatic rings. The van der Waals surface area contributed by atoms with E-state index in [-0.39, 0.29) is 17.9 Å². The number of fused-ring (bicyclic) bond motifs is 1. The van der Waals surface area contributed by atoms with E-state index in [1.54, 1.807) is 4.90 Å². The van der Waals surface area contributed by atoms with E-state index >= 15 is 0 Å². The summed E-state index contributed by atoms with van der Waals surface area (Å²) in [5, 5.41) is 0. The highest BCUT2D eigenvalue weighted by atomic mass is 16.2. The van der Waals surface area contributed by atoms with Gasteiger partial charge in [0.05, 0.1) is 0 Å². The number of nitrogens with zero attached hydrogens (tertiary/aromatic N) is 2. The summed E-state index contributed by atoms with van der Waals surface area (Å²) in [6, 6.07) is -0.147. The van der Waals surface area contributed by atoms with E-state index in [0.29, 0.717) is 13.0 Å². The SMILES string of the molecule is CCCCCN1CCC(=O)N2CCCC2C1=O. The van der Waals surface area contributed by atoms with Crippen molar-refractivity contribution in [2.24, 2.45) is 0 Å². The van der Waals surface area contributed by atoms with Crippen molar-refractivity contribution in [2.45, 2.75) is 51.5 Å². The molecule has 17 heavy (non-hydrogen) atoms. The van der Waals surface area contributed by atoms with Gasteiger partial charge in [0, 0.05) is 26.1 Å². The number of amides is 2. The van der Waals surface area contributed by atoms with Crippen molar-refractivity contribution in [3.63, 3.8) is 0 Å². The van der Waals surface area contributed by atoms with E-state index in [9.17, 15) is 9.59 Å². The van der Waals surface area contributed by atoms with Crippen molar-refractivity contribution in [1.29, 1.82) is 0 Å². The minimum Gasteiger partial charge on any atom is -0.340 e. The third-order valence-electron chi connectivity index (χ3n) is 3.80. The molecule has 2 aliphatic heterocycles. The van der Waals surface area contributed by atoms with Crippen molar-refractivity contribution in [3.05, 3.63) is 0 Å². The van der Waals surface area contributed by atoms with Crippen LogP contribution in [0.25, 0.3) is 0 Å². The summed E-state index contributed by atoms with van der Waals surface area (Å²) in [5.41, 5.74) is 0. The van der Waals surface area contributed by atoms with Crippen LogP contribution in [0.3, 0.4) is 0 Å². The molecule has 0 radical (unpaired) electrons. The average molecular weight is 238 g/mol. The van der Waals surface area contributed by atoms with Crippen LogP contribution in [-0.2, 0) is 9.59 Å². The molecule has 2 amide bonds. The molecular weight excluding hydrogens is 216 g/mol. The van der Waals surface area contributed by atoms with Gasteiger partial charge in [-0.15, -0.1) is 0 Å². The molecule has 4 nitrogen and oxygen atoms in total. The summed E-state index contributed by atoms with van der Waals surface area (Å²) >= 11 is 0. The topological polar surface area (TPSA) is 40.6 Å². The Kier molecular flexibility index (Phi) is 4.02. The Balaban J connectivity index is 1.99. The first-order chi connectivity index (χ1) is 8.24. The van der Waals surface area contributed by atoms with Crippen LogP contribution in [0.1, 0.15) is 45.4 Å². The fraction of sp³-hybridized carbons (Fsp3) is 0.846. The summed E-state index contributed by atoms with van der Waals surface area (Å²) in [6.07, 6.45) is 5.72.